The van der Waals surface area contributed by atoms with Gasteiger partial charge in [-0.2, -0.15) is 4.57 Å². The van der Waals surface area contributed by atoms with Crippen molar-refractivity contribution in [3.05, 3.63) is 377 Å². The third-order valence-electron chi connectivity index (χ3n) is 22.3. The number of aryl methyl sites for hydroxylation is 7. The van der Waals surface area contributed by atoms with Crippen LogP contribution in [-0.4, -0.2) is 54.6 Å². The monoisotopic (exact) mass is 2260 g/mol. The van der Waals surface area contributed by atoms with E-state index in [-0.39, 0.29) is 126 Å². The normalized spacial score (nSPS) is 10.9. The van der Waals surface area contributed by atoms with Crippen LogP contribution in [0.25, 0.3) is 143 Å². The fraction of sp³-hybridized carbons (Fsp3) is 0.188. The average molecular weight is 2260 g/mol. The van der Waals surface area contributed by atoms with Crippen molar-refractivity contribution >= 4 is 111 Å². The Hall–Kier alpha value is -12.6. The standard InChI is InChI=1S/C29H19N2.C18H16N.2C17H14N.C17H12.C9H16O2.2C5H8O2.3Ir/c1-19-18-30-28-24-14-12-22(20-8-4-2-5-9-20)16-26(24)27-17-23(21-10-6-3-7-11-21)13-15-25(27)29(28)31-19;1-12-4-5-15-6-7-17(19-18(15)11-12)16-9-13(2)8-14(3)10-16;1-12-10-13-6-3-5-9-16(13)18-11-14-7-2-4-8-15(14)17(12)18;1-12-9-13(2)11-15(10-12)17-8-7-14-5-3-4-6-16(14)18-17;1-3-7-15-12(5-1)9-10-14-11-13-6-2-4-8-16(13)17(14)15;1-6(2)8(10)5-9(11)7(3)4;2*1-4(6)3-5(2)7;;;/h2-13,15-18H,1H3;4-9,11H,1-3H3;2-10H,11H2,1H3;3-10H,1-2H3;1-10H,11H2;6-7H,5H2,1-4H3;2*3H2,1-2H3;;;/q2*-1;+1;-1;;;;;;;. The van der Waals surface area contributed by atoms with E-state index in [0.717, 1.165) is 96.1 Å². The molecule has 0 N–H and O–H groups in total. The Morgan fingerprint density at radius 2 is 0.870 bits per heavy atom. The molecule has 2 aliphatic rings. The van der Waals surface area contributed by atoms with Gasteiger partial charge >= 0.3 is 0 Å². The van der Waals surface area contributed by atoms with Gasteiger partial charge in [0.25, 0.3) is 0 Å². The van der Waals surface area contributed by atoms with Crippen LogP contribution in [0.15, 0.2) is 303 Å². The maximum Gasteiger partial charge on any atom is 0.216 e. The number of hydrogen-bond donors (Lipinski definition) is 0. The van der Waals surface area contributed by atoms with Gasteiger partial charge in [0.15, 0.2) is 6.54 Å². The number of aromatic nitrogens is 5. The summed E-state index contributed by atoms with van der Waals surface area (Å²) in [5.41, 5.74) is 32.4. The first-order valence-electron chi connectivity index (χ1n) is 43.6. The summed E-state index contributed by atoms with van der Waals surface area (Å²) in [4.78, 5) is 81.3. The van der Waals surface area contributed by atoms with E-state index in [1.165, 1.54) is 144 Å². The summed E-state index contributed by atoms with van der Waals surface area (Å²) in [5, 5.41) is 10.9. The maximum absolute atomic E-state index is 11.0. The van der Waals surface area contributed by atoms with E-state index in [0.29, 0.717) is 0 Å². The Morgan fingerprint density at radius 1 is 0.374 bits per heavy atom. The van der Waals surface area contributed by atoms with Gasteiger partial charge in [0.1, 0.15) is 34.7 Å². The van der Waals surface area contributed by atoms with E-state index in [2.05, 4.69) is 331 Å². The molecule has 0 bridgehead atoms. The molecule has 0 saturated carbocycles. The number of carbonyl (C=O) groups excluding carboxylic acids is 6. The molecule has 131 heavy (non-hydrogen) atoms. The van der Waals surface area contributed by atoms with Crippen molar-refractivity contribution in [2.45, 2.75) is 136 Å². The van der Waals surface area contributed by atoms with Crippen LogP contribution < -0.4 is 4.57 Å². The van der Waals surface area contributed by atoms with Crippen LogP contribution in [0.3, 0.4) is 0 Å². The molecule has 4 aromatic heterocycles. The maximum atomic E-state index is 11.0. The Kier molecular flexibility index (Phi) is 35.9. The Labute approximate surface area is 810 Å². The van der Waals surface area contributed by atoms with Gasteiger partial charge < -0.3 is 4.98 Å². The van der Waals surface area contributed by atoms with Crippen molar-refractivity contribution in [1.29, 1.82) is 0 Å². The van der Waals surface area contributed by atoms with Gasteiger partial charge in [-0.05, 0) is 162 Å². The average Bonchev–Trinajstić information content (AvgIpc) is 1.17. The van der Waals surface area contributed by atoms with Crippen LogP contribution in [0.1, 0.15) is 130 Å². The van der Waals surface area contributed by atoms with E-state index in [1.807, 2.05) is 71.1 Å². The minimum absolute atomic E-state index is 0. The number of pyridine rings is 3. The first-order chi connectivity index (χ1) is 61.6. The second kappa shape index (κ2) is 46.8. The van der Waals surface area contributed by atoms with E-state index in [4.69, 9.17) is 19.9 Å². The van der Waals surface area contributed by atoms with Gasteiger partial charge in [0.05, 0.1) is 47.1 Å². The molecule has 0 fully saturated rings. The van der Waals surface area contributed by atoms with Gasteiger partial charge in [0, 0.05) is 106 Å². The van der Waals surface area contributed by atoms with Crippen LogP contribution in [0.5, 0.6) is 0 Å². The molecule has 1 aliphatic carbocycles. The SMILES string of the molecule is CC(=O)CC(C)=O.CC(=O)CC(C)=O.CC(C)C(=O)CC(=O)C(C)C.Cc1[c-]c(-c2ccc3ccc(C)cc3n2)cc(C)c1.Cc1[c-]c(-c2ccc3ccccc3n2)cc(C)c1.Cc1cc2ccccc2[n+]2c1-c1ccccc1C2.Cc1cnc2c3[c-]cc(-c4ccccc4)cc3c3cc(-c4ccccc4)ccc3c2n1.[Ir].[Ir].[Ir].c1ccc2c(c1)Cc1ccc3ccccc3c1-2. The minimum Gasteiger partial charge on any atom is -0.301 e. The van der Waals surface area contributed by atoms with Crippen molar-refractivity contribution in [1.82, 2.24) is 19.9 Å². The second-order valence-corrected chi connectivity index (χ2v) is 33.9. The first kappa shape index (κ1) is 101. The topological polar surface area (TPSA) is 158 Å². The molecule has 0 amide bonds. The number of nitrogens with zero attached hydrogens (tertiary/aromatic N) is 5. The smallest absolute Gasteiger partial charge is 0.216 e. The van der Waals surface area contributed by atoms with E-state index in [1.54, 1.807) is 0 Å². The largest absolute Gasteiger partial charge is 0.301 e. The third kappa shape index (κ3) is 26.0. The zero-order valence-electron chi connectivity index (χ0n) is 76.7. The minimum atomic E-state index is -0.0625. The third-order valence-corrected chi connectivity index (χ3v) is 22.3. The molecule has 20 rings (SSSR count). The van der Waals surface area contributed by atoms with E-state index >= 15 is 0 Å². The van der Waals surface area contributed by atoms with E-state index in [9.17, 15) is 28.8 Å². The summed E-state index contributed by atoms with van der Waals surface area (Å²) in [7, 11) is 0. The molecule has 3 radical (unpaired) electrons. The van der Waals surface area contributed by atoms with Crippen molar-refractivity contribution in [2.75, 3.05) is 0 Å². The molecule has 1 aliphatic heterocycles. The van der Waals surface area contributed by atoms with Crippen molar-refractivity contribution < 1.29 is 93.7 Å². The van der Waals surface area contributed by atoms with Crippen LogP contribution in [0.2, 0.25) is 0 Å². The quantitative estimate of drug-likeness (QED) is 0.0499. The fourth-order valence-corrected chi connectivity index (χ4v) is 16.3. The molecule has 18 aromatic rings. The Morgan fingerprint density at radius 3 is 1.46 bits per heavy atom. The first-order valence-corrected chi connectivity index (χ1v) is 43.6. The summed E-state index contributed by atoms with van der Waals surface area (Å²) < 4.78 is 2.44. The number of Topliss-reactive ketones (excluding diaryl/α,β-unsaturated/α-hetero) is 6. The van der Waals surface area contributed by atoms with E-state index < -0.39 is 0 Å². The van der Waals surface area contributed by atoms with Gasteiger partial charge in [0.2, 0.25) is 11.2 Å². The summed E-state index contributed by atoms with van der Waals surface area (Å²) in [6.45, 7) is 28.5. The summed E-state index contributed by atoms with van der Waals surface area (Å²) in [5.74, 6) is -0.192. The van der Waals surface area contributed by atoms with Crippen LogP contribution in [0.4, 0.5) is 0 Å². The van der Waals surface area contributed by atoms with Gasteiger partial charge in [-0.3, -0.25) is 43.7 Å². The predicted molar refractivity (Wildman–Crippen MR) is 527 cm³/mol. The number of hydrogen-bond acceptors (Lipinski definition) is 10. The summed E-state index contributed by atoms with van der Waals surface area (Å²) >= 11 is 0. The Bertz CT molecular complexity index is 7100. The number of fused-ring (bicyclic) bond motifs is 18. The zero-order valence-corrected chi connectivity index (χ0v) is 83.9. The molecule has 14 heteroatoms. The number of ketones is 6. The summed E-state index contributed by atoms with van der Waals surface area (Å²) in [6.07, 6.45) is 3.19. The molecule has 5 heterocycles. The summed E-state index contributed by atoms with van der Waals surface area (Å²) in [6, 6.07) is 115. The number of rotatable bonds is 12. The molecule has 0 atom stereocenters. The Balaban J connectivity index is 0.000000161. The molecule has 0 spiro atoms. The molecule has 0 saturated heterocycles. The second-order valence-electron chi connectivity index (χ2n) is 33.9. The van der Waals surface area contributed by atoms with Crippen LogP contribution in [-0.2, 0) is 102 Å². The number of benzene rings is 14. The number of para-hydroxylation sites is 2. The van der Waals surface area contributed by atoms with Crippen LogP contribution in [0, 0.1) is 78.5 Å². The van der Waals surface area contributed by atoms with Gasteiger partial charge in [-0.1, -0.05) is 302 Å². The number of carbonyl (C=O) groups is 6. The van der Waals surface area contributed by atoms with Gasteiger partial charge in [-0.15, -0.1) is 93.4 Å². The molecule has 0 unspecified atom stereocenters. The predicted octanol–water partition coefficient (Wildman–Crippen LogP) is 27.1. The molecule has 14 aromatic carbocycles. The van der Waals surface area contributed by atoms with Gasteiger partial charge in [-0.25, -0.2) is 0 Å². The van der Waals surface area contributed by atoms with Crippen molar-refractivity contribution in [3.63, 3.8) is 0 Å². The molecular formula is C117H107Ir3N5O6-2. The molecule has 11 nitrogen and oxygen atoms in total. The molecular weight excluding hydrogens is 2150 g/mol. The molecule has 665 valence electrons. The zero-order chi connectivity index (χ0) is 90.8. The fourth-order valence-electron chi connectivity index (χ4n) is 16.3. The van der Waals surface area contributed by atoms with Crippen LogP contribution >= 0.6 is 0 Å². The van der Waals surface area contributed by atoms with Crippen molar-refractivity contribution in [3.8, 4) is 67.2 Å². The van der Waals surface area contributed by atoms with Crippen molar-refractivity contribution in [2.24, 2.45) is 11.8 Å².